The predicted molar refractivity (Wildman–Crippen MR) is 62.0 cm³/mol. The average Bonchev–Trinajstić information content (AvgIpc) is 2.51. The second-order valence-electron chi connectivity index (χ2n) is 3.55. The summed E-state index contributed by atoms with van der Waals surface area (Å²) in [6.45, 7) is 0.127. The van der Waals surface area contributed by atoms with Gasteiger partial charge in [0.1, 0.15) is 6.10 Å². The van der Waals surface area contributed by atoms with E-state index in [1.165, 1.54) is 0 Å². The lowest BCUT2D eigenvalue weighted by atomic mass is 10.1. The fourth-order valence-corrected chi connectivity index (χ4v) is 2.09. The zero-order valence-corrected chi connectivity index (χ0v) is 10.4. The minimum atomic E-state index is -1.44. The number of halogens is 1. The van der Waals surface area contributed by atoms with Crippen LogP contribution >= 0.6 is 8.02 Å². The van der Waals surface area contributed by atoms with Crippen molar-refractivity contribution >= 4 is 25.3 Å². The summed E-state index contributed by atoms with van der Waals surface area (Å²) < 4.78 is 30.8. The Balaban J connectivity index is 2.54. The Labute approximate surface area is 95.8 Å². The van der Waals surface area contributed by atoms with E-state index < -0.39 is 34.8 Å². The number of rotatable bonds is 5. The van der Waals surface area contributed by atoms with Crippen LogP contribution in [0.4, 0.5) is 4.39 Å². The van der Waals surface area contributed by atoms with Gasteiger partial charge in [0.05, 0.1) is 12.6 Å². The fraction of sp³-hybridized carbons (Fsp3) is 1.00. The van der Waals surface area contributed by atoms with Gasteiger partial charge in [0, 0.05) is 0 Å². The summed E-state index contributed by atoms with van der Waals surface area (Å²) in [5.74, 6) is 0. The molecule has 1 N–H and O–H groups in total. The van der Waals surface area contributed by atoms with Crippen molar-refractivity contribution in [1.82, 2.24) is 4.90 Å². The van der Waals surface area contributed by atoms with E-state index in [2.05, 4.69) is 8.02 Å². The maximum absolute atomic E-state index is 13.6. The topological polar surface area (TPSA) is 41.9 Å². The molecular formula is C7H15BFNO3PS. The van der Waals surface area contributed by atoms with Crippen LogP contribution in [0.25, 0.3) is 0 Å². The van der Waals surface area contributed by atoms with Crippen LogP contribution < -0.4 is 0 Å². The quantitative estimate of drug-likeness (QED) is 0.526. The van der Waals surface area contributed by atoms with Crippen LogP contribution in [0.15, 0.2) is 0 Å². The molecule has 87 valence electrons. The van der Waals surface area contributed by atoms with Crippen LogP contribution in [-0.4, -0.2) is 63.7 Å². The molecule has 0 amide bonds. The molecule has 0 aliphatic carbocycles. The Morgan fingerprint density at radius 1 is 1.80 bits per heavy atom. The third-order valence-electron chi connectivity index (χ3n) is 2.25. The number of aliphatic hydroxyl groups is 1. The Morgan fingerprint density at radius 3 is 3.00 bits per heavy atom. The van der Waals surface area contributed by atoms with E-state index in [0.717, 1.165) is 7.09 Å². The van der Waals surface area contributed by atoms with Crippen molar-refractivity contribution in [3.63, 3.8) is 0 Å². The lowest BCUT2D eigenvalue weighted by molar-refractivity contribution is -0.117. The monoisotopic (exact) mass is 256 g/mol. The molecule has 1 radical (unpaired) electrons. The lowest BCUT2D eigenvalue weighted by Crippen LogP contribution is -2.43. The number of aliphatic hydroxyl groups excluding tert-OH is 1. The molecule has 0 saturated carbocycles. The normalized spacial score (nSPS) is 39.1. The standard InChI is InChI=1S/C7H15BFNO3PS/c1-10(2)6-4(3-12-15(8)14)13-7(11)5(6)9/h4-8,11,14H,3H2,1-2H3/t4-,5?,6+,7?,15?/m1/s1/i8T. The minimum absolute atomic E-state index is 0.127. The summed E-state index contributed by atoms with van der Waals surface area (Å²) >= 11 is 0. The summed E-state index contributed by atoms with van der Waals surface area (Å²) in [5, 5.41) is 9.28. The molecule has 15 heavy (non-hydrogen) atoms. The second kappa shape index (κ2) is 5.71. The van der Waals surface area contributed by atoms with Gasteiger partial charge in [-0.25, -0.2) is 4.39 Å². The zero-order valence-electron chi connectivity index (χ0n) is 9.59. The van der Waals surface area contributed by atoms with E-state index >= 15 is 0 Å². The van der Waals surface area contributed by atoms with Gasteiger partial charge in [-0.1, -0.05) is 18.2 Å². The third-order valence-corrected chi connectivity index (χ3v) is 2.99. The number of ether oxygens (including phenoxy) is 1. The molecule has 5 atom stereocenters. The Hall–Kier alpha value is 0.485. The summed E-state index contributed by atoms with van der Waals surface area (Å²) in [5.41, 5.74) is 0. The van der Waals surface area contributed by atoms with Crippen LogP contribution in [-0.2, 0) is 19.1 Å². The smallest absolute Gasteiger partial charge is 0.205 e. The highest BCUT2D eigenvalue weighted by Gasteiger charge is 2.45. The van der Waals surface area contributed by atoms with Crippen molar-refractivity contribution in [2.75, 3.05) is 20.7 Å². The van der Waals surface area contributed by atoms with Gasteiger partial charge in [0.25, 0.3) is 0 Å². The van der Waals surface area contributed by atoms with Gasteiger partial charge in [-0.3, -0.25) is 0 Å². The molecule has 0 spiro atoms. The molecule has 0 aromatic carbocycles. The molecule has 0 aromatic heterocycles. The first-order valence-electron chi connectivity index (χ1n) is 4.98. The Morgan fingerprint density at radius 2 is 2.47 bits per heavy atom. The van der Waals surface area contributed by atoms with Gasteiger partial charge < -0.3 is 18.9 Å². The largest absolute Gasteiger partial charge is 0.366 e. The van der Waals surface area contributed by atoms with Gasteiger partial charge in [0.2, 0.25) is 7.09 Å². The molecule has 0 bridgehead atoms. The zero-order chi connectivity index (χ0) is 12.3. The molecule has 1 saturated heterocycles. The maximum Gasteiger partial charge on any atom is 0.205 e. The predicted octanol–water partition coefficient (Wildman–Crippen LogP) is -0.605. The third kappa shape index (κ3) is 3.48. The highest BCUT2D eigenvalue weighted by atomic mass is 32.5. The Bertz CT molecular complexity index is 266. The van der Waals surface area contributed by atoms with Gasteiger partial charge in [-0.05, 0) is 15.4 Å². The number of alkyl halides is 1. The van der Waals surface area contributed by atoms with Crippen molar-refractivity contribution in [1.29, 1.82) is 1.34 Å². The molecule has 1 aliphatic rings. The molecule has 1 aliphatic heterocycles. The molecule has 1 fully saturated rings. The van der Waals surface area contributed by atoms with Crippen molar-refractivity contribution in [2.24, 2.45) is 0 Å². The van der Waals surface area contributed by atoms with E-state index in [1.807, 2.05) is 0 Å². The van der Waals surface area contributed by atoms with Gasteiger partial charge >= 0.3 is 0 Å². The van der Waals surface area contributed by atoms with Crippen LogP contribution in [0, 0.1) is 0 Å². The first-order chi connectivity index (χ1) is 7.47. The second-order valence-corrected chi connectivity index (χ2v) is 5.58. The van der Waals surface area contributed by atoms with Gasteiger partial charge in [-0.2, -0.15) is 0 Å². The average molecular weight is 256 g/mol. The van der Waals surface area contributed by atoms with Crippen LogP contribution in [0.1, 0.15) is 0 Å². The molecule has 4 nitrogen and oxygen atoms in total. The van der Waals surface area contributed by atoms with Crippen LogP contribution in [0.2, 0.25) is 0 Å². The molecule has 1 rings (SSSR count). The van der Waals surface area contributed by atoms with Crippen molar-refractivity contribution < 1.29 is 18.4 Å². The van der Waals surface area contributed by atoms with Gasteiger partial charge in [-0.15, -0.1) is 0 Å². The Kier molecular flexibility index (Phi) is 4.55. The molecule has 8 heteroatoms. The summed E-state index contributed by atoms with van der Waals surface area (Å²) in [6, 6.07) is -0.538. The summed E-state index contributed by atoms with van der Waals surface area (Å²) in [7, 11) is 6.91. The van der Waals surface area contributed by atoms with E-state index in [9.17, 15) is 9.50 Å². The first kappa shape index (κ1) is 12.0. The van der Waals surface area contributed by atoms with Crippen molar-refractivity contribution in [2.45, 2.75) is 24.6 Å². The van der Waals surface area contributed by atoms with E-state index in [-0.39, 0.29) is 6.61 Å². The maximum atomic E-state index is 13.6. The van der Waals surface area contributed by atoms with E-state index in [4.69, 9.17) is 10.3 Å². The summed E-state index contributed by atoms with van der Waals surface area (Å²) in [6.07, 6.45) is -3.39. The molecule has 0 aromatic rings. The van der Waals surface area contributed by atoms with E-state index in [0.29, 0.717) is 0 Å². The van der Waals surface area contributed by atoms with E-state index in [1.54, 1.807) is 19.0 Å². The SMILES string of the molecule is [3H][B]S(=P)OC[C@H]1OC(O)C(F)[C@H]1N(C)C. The number of likely N-dealkylation sites (N-methyl/N-ethyl adjacent to an activating group) is 1. The number of hydrogen-bond acceptors (Lipinski definition) is 4. The minimum Gasteiger partial charge on any atom is -0.366 e. The molecule has 1 heterocycles. The van der Waals surface area contributed by atoms with Crippen molar-refractivity contribution in [3.8, 4) is 0 Å². The van der Waals surface area contributed by atoms with Crippen LogP contribution in [0.5, 0.6) is 0 Å². The van der Waals surface area contributed by atoms with Crippen molar-refractivity contribution in [3.05, 3.63) is 0 Å². The van der Waals surface area contributed by atoms with Gasteiger partial charge in [0.15, 0.2) is 12.5 Å². The highest BCUT2D eigenvalue weighted by molar-refractivity contribution is 8.27. The lowest BCUT2D eigenvalue weighted by Gasteiger charge is -2.25. The highest BCUT2D eigenvalue weighted by Crippen LogP contribution is 2.26. The summed E-state index contributed by atoms with van der Waals surface area (Å²) in [4.78, 5) is 1.66. The van der Waals surface area contributed by atoms with Crippen LogP contribution in [0.3, 0.4) is 0 Å². The fourth-order valence-electron chi connectivity index (χ4n) is 1.60. The molecular weight excluding hydrogens is 239 g/mol. The number of hydrogen-bond donors (Lipinski definition) is 1. The molecule has 3 unspecified atom stereocenters. The first-order valence-corrected chi connectivity index (χ1v) is 6.84. The number of nitrogens with zero attached hydrogens (tertiary/aromatic N) is 1.